The second-order valence-corrected chi connectivity index (χ2v) is 10.1. The Hall–Kier alpha value is -2.61. The number of hydrogen-bond donors (Lipinski definition) is 2. The van der Waals surface area contributed by atoms with Crippen LogP contribution in [0.5, 0.6) is 0 Å². The molecule has 3 aromatic carbocycles. The Morgan fingerprint density at radius 2 is 1.48 bits per heavy atom. The number of benzene rings is 3. The van der Waals surface area contributed by atoms with Crippen molar-refractivity contribution >= 4 is 33.4 Å². The predicted molar refractivity (Wildman–Crippen MR) is 127 cm³/mol. The minimum Gasteiger partial charge on any atom is -0.325 e. The van der Waals surface area contributed by atoms with Gasteiger partial charge in [-0.1, -0.05) is 55.5 Å². The molecule has 1 amide bonds. The molecule has 0 aromatic heterocycles. The molecular weight excluding hydrogens is 428 g/mol. The van der Waals surface area contributed by atoms with Gasteiger partial charge in [-0.3, -0.25) is 4.79 Å². The molecule has 0 saturated heterocycles. The molecule has 3 aromatic rings. The predicted octanol–water partition coefficient (Wildman–Crippen LogP) is 5.24. The second-order valence-electron chi connectivity index (χ2n) is 7.17. The van der Waals surface area contributed by atoms with E-state index in [1.54, 1.807) is 12.1 Å². The standard InChI is InChI=1S/C24H26N2O3S2/c1-3-18(2)26-31(28,29)22-16-14-20(15-17-22)25-24(27)23(19-10-6-4-7-11-19)30-21-12-8-5-9-13-21/h4-18,23,26H,3H2,1-2H3,(H,25,27)/t18-,23+/m1/s1. The maximum atomic E-state index is 13.1. The summed E-state index contributed by atoms with van der Waals surface area (Å²) in [5.74, 6) is -0.173. The van der Waals surface area contributed by atoms with Gasteiger partial charge in [0.15, 0.2) is 0 Å². The number of hydrogen-bond acceptors (Lipinski definition) is 4. The summed E-state index contributed by atoms with van der Waals surface area (Å²) in [6.07, 6.45) is 0.702. The monoisotopic (exact) mass is 454 g/mol. The van der Waals surface area contributed by atoms with Crippen LogP contribution >= 0.6 is 11.8 Å². The van der Waals surface area contributed by atoms with Gasteiger partial charge in [-0.15, -0.1) is 11.8 Å². The molecule has 162 valence electrons. The molecule has 5 nitrogen and oxygen atoms in total. The average Bonchev–Trinajstić information content (AvgIpc) is 2.78. The normalized spacial score (nSPS) is 13.4. The lowest BCUT2D eigenvalue weighted by molar-refractivity contribution is -0.115. The quantitative estimate of drug-likeness (QED) is 0.434. The first kappa shape index (κ1) is 23.1. The van der Waals surface area contributed by atoms with E-state index in [0.717, 1.165) is 10.5 Å². The van der Waals surface area contributed by atoms with Gasteiger partial charge in [0.1, 0.15) is 5.25 Å². The Morgan fingerprint density at radius 1 is 0.903 bits per heavy atom. The molecule has 2 N–H and O–H groups in total. The number of sulfonamides is 1. The molecule has 31 heavy (non-hydrogen) atoms. The van der Waals surface area contributed by atoms with Gasteiger partial charge in [0, 0.05) is 16.6 Å². The summed E-state index contributed by atoms with van der Waals surface area (Å²) in [5, 5.41) is 2.47. The van der Waals surface area contributed by atoms with E-state index in [2.05, 4.69) is 10.0 Å². The highest BCUT2D eigenvalue weighted by Gasteiger charge is 2.22. The van der Waals surface area contributed by atoms with Crippen molar-refractivity contribution in [3.8, 4) is 0 Å². The number of anilines is 1. The minimum absolute atomic E-state index is 0.147. The van der Waals surface area contributed by atoms with Crippen LogP contribution in [0.2, 0.25) is 0 Å². The van der Waals surface area contributed by atoms with Crippen molar-refractivity contribution in [3.63, 3.8) is 0 Å². The van der Waals surface area contributed by atoms with E-state index in [-0.39, 0.29) is 16.8 Å². The number of rotatable bonds is 9. The molecule has 0 spiro atoms. The highest BCUT2D eigenvalue weighted by atomic mass is 32.2. The van der Waals surface area contributed by atoms with Crippen LogP contribution in [0.3, 0.4) is 0 Å². The van der Waals surface area contributed by atoms with Gasteiger partial charge in [0.25, 0.3) is 0 Å². The van der Waals surface area contributed by atoms with Gasteiger partial charge >= 0.3 is 0 Å². The van der Waals surface area contributed by atoms with Gasteiger partial charge in [-0.05, 0) is 55.3 Å². The zero-order valence-electron chi connectivity index (χ0n) is 17.5. The smallest absolute Gasteiger partial charge is 0.242 e. The molecular formula is C24H26N2O3S2. The number of carbonyl (C=O) groups is 1. The van der Waals surface area contributed by atoms with Crippen LogP contribution in [0.25, 0.3) is 0 Å². The molecule has 0 heterocycles. The topological polar surface area (TPSA) is 75.3 Å². The van der Waals surface area contributed by atoms with E-state index in [1.165, 1.54) is 23.9 Å². The molecule has 0 unspecified atom stereocenters. The lowest BCUT2D eigenvalue weighted by Crippen LogP contribution is -2.31. The van der Waals surface area contributed by atoms with E-state index in [9.17, 15) is 13.2 Å². The van der Waals surface area contributed by atoms with Crippen LogP contribution in [-0.4, -0.2) is 20.4 Å². The molecule has 0 aliphatic rings. The van der Waals surface area contributed by atoms with Gasteiger partial charge < -0.3 is 5.32 Å². The van der Waals surface area contributed by atoms with Crippen molar-refractivity contribution in [2.45, 2.75) is 41.4 Å². The van der Waals surface area contributed by atoms with Crippen LogP contribution in [0.1, 0.15) is 31.1 Å². The molecule has 3 rings (SSSR count). The minimum atomic E-state index is -3.58. The number of thioether (sulfide) groups is 1. The summed E-state index contributed by atoms with van der Waals surface area (Å²) in [5.41, 5.74) is 1.44. The van der Waals surface area contributed by atoms with E-state index in [0.29, 0.717) is 12.1 Å². The first-order valence-electron chi connectivity index (χ1n) is 10.1. The Labute approximate surface area is 188 Å². The summed E-state index contributed by atoms with van der Waals surface area (Å²) < 4.78 is 27.5. The van der Waals surface area contributed by atoms with Crippen LogP contribution in [0, 0.1) is 0 Å². The maximum Gasteiger partial charge on any atom is 0.242 e. The Morgan fingerprint density at radius 3 is 2.06 bits per heavy atom. The molecule has 0 aliphatic carbocycles. The molecule has 0 saturated carbocycles. The third-order valence-electron chi connectivity index (χ3n) is 4.74. The van der Waals surface area contributed by atoms with Crippen LogP contribution in [-0.2, 0) is 14.8 Å². The maximum absolute atomic E-state index is 13.1. The van der Waals surface area contributed by atoms with Crippen molar-refractivity contribution < 1.29 is 13.2 Å². The largest absolute Gasteiger partial charge is 0.325 e. The van der Waals surface area contributed by atoms with Crippen molar-refractivity contribution in [2.24, 2.45) is 0 Å². The first-order chi connectivity index (χ1) is 14.9. The summed E-state index contributed by atoms with van der Waals surface area (Å²) in [6.45, 7) is 3.74. The van der Waals surface area contributed by atoms with Gasteiger partial charge in [0.05, 0.1) is 4.90 Å². The van der Waals surface area contributed by atoms with Crippen molar-refractivity contribution in [2.75, 3.05) is 5.32 Å². The SMILES string of the molecule is CC[C@@H](C)NS(=O)(=O)c1ccc(NC(=O)[C@@H](Sc2ccccc2)c2ccccc2)cc1. The summed E-state index contributed by atoms with van der Waals surface area (Å²) in [7, 11) is -3.58. The Balaban J connectivity index is 1.77. The number of carbonyl (C=O) groups excluding carboxylic acids is 1. The van der Waals surface area contributed by atoms with Crippen molar-refractivity contribution in [1.29, 1.82) is 0 Å². The molecule has 7 heteroatoms. The van der Waals surface area contributed by atoms with E-state index >= 15 is 0 Å². The molecule has 0 radical (unpaired) electrons. The van der Waals surface area contributed by atoms with Crippen LogP contribution < -0.4 is 10.0 Å². The van der Waals surface area contributed by atoms with E-state index in [1.807, 2.05) is 74.5 Å². The lowest BCUT2D eigenvalue weighted by atomic mass is 10.1. The van der Waals surface area contributed by atoms with Gasteiger partial charge in [-0.2, -0.15) is 0 Å². The van der Waals surface area contributed by atoms with Crippen LogP contribution in [0.15, 0.2) is 94.7 Å². The van der Waals surface area contributed by atoms with E-state index < -0.39 is 15.3 Å². The number of nitrogens with one attached hydrogen (secondary N) is 2. The summed E-state index contributed by atoms with van der Waals surface area (Å²) in [6, 6.07) is 25.4. The van der Waals surface area contributed by atoms with Gasteiger partial charge in [-0.25, -0.2) is 13.1 Å². The van der Waals surface area contributed by atoms with Crippen LogP contribution in [0.4, 0.5) is 5.69 Å². The first-order valence-corrected chi connectivity index (χ1v) is 12.4. The molecule has 2 atom stereocenters. The highest BCUT2D eigenvalue weighted by Crippen LogP contribution is 2.36. The average molecular weight is 455 g/mol. The van der Waals surface area contributed by atoms with Gasteiger partial charge in [0.2, 0.25) is 15.9 Å². The fourth-order valence-electron chi connectivity index (χ4n) is 2.88. The number of amides is 1. The Bertz CT molecular complexity index is 1090. The summed E-state index contributed by atoms with van der Waals surface area (Å²) >= 11 is 1.47. The molecule has 0 fully saturated rings. The van der Waals surface area contributed by atoms with Crippen molar-refractivity contribution in [1.82, 2.24) is 4.72 Å². The third kappa shape index (κ3) is 6.43. The lowest BCUT2D eigenvalue weighted by Gasteiger charge is -2.17. The van der Waals surface area contributed by atoms with Crippen molar-refractivity contribution in [3.05, 3.63) is 90.5 Å². The van der Waals surface area contributed by atoms with E-state index in [4.69, 9.17) is 0 Å². The molecule has 0 bridgehead atoms. The Kier molecular flexibility index (Phi) is 7.90. The zero-order valence-corrected chi connectivity index (χ0v) is 19.1. The zero-order chi connectivity index (χ0) is 22.3. The second kappa shape index (κ2) is 10.6. The molecule has 0 aliphatic heterocycles. The summed E-state index contributed by atoms with van der Waals surface area (Å²) in [4.78, 5) is 14.3. The third-order valence-corrected chi connectivity index (χ3v) is 7.61. The highest BCUT2D eigenvalue weighted by molar-refractivity contribution is 8.00. The fraction of sp³-hybridized carbons (Fsp3) is 0.208. The fourth-order valence-corrected chi connectivity index (χ4v) is 5.25.